The summed E-state index contributed by atoms with van der Waals surface area (Å²) in [5.74, 6) is 1.06. The minimum atomic E-state index is 0.359. The van der Waals surface area contributed by atoms with E-state index in [0.717, 1.165) is 38.9 Å². The molecule has 0 aromatic heterocycles. The molecule has 0 aromatic rings. The molecule has 1 rings (SSSR count). The number of nitrogens with zero attached hydrogens (tertiary/aromatic N) is 2. The highest BCUT2D eigenvalue weighted by atomic mass is 16.2. The number of unbranched alkanes of at least 4 members (excludes halogenated alkanes) is 1. The fourth-order valence-electron chi connectivity index (χ4n) is 2.02. The molecule has 0 spiro atoms. The van der Waals surface area contributed by atoms with Gasteiger partial charge in [0.2, 0.25) is 5.91 Å². The van der Waals surface area contributed by atoms with Crippen LogP contribution in [-0.2, 0) is 4.79 Å². The third kappa shape index (κ3) is 4.65. The van der Waals surface area contributed by atoms with Crippen LogP contribution < -0.4 is 0 Å². The van der Waals surface area contributed by atoms with Crippen molar-refractivity contribution in [2.45, 2.75) is 32.6 Å². The van der Waals surface area contributed by atoms with Gasteiger partial charge in [-0.15, -0.1) is 0 Å². The lowest BCUT2D eigenvalue weighted by Crippen LogP contribution is -2.28. The Bertz CT molecular complexity index is 204. The van der Waals surface area contributed by atoms with Gasteiger partial charge in [0.25, 0.3) is 0 Å². The first-order valence-corrected chi connectivity index (χ1v) is 6.02. The summed E-state index contributed by atoms with van der Waals surface area (Å²) in [6.07, 6.45) is 4.08. The second kappa shape index (κ2) is 6.11. The molecule has 1 unspecified atom stereocenters. The first-order chi connectivity index (χ1) is 7.09. The molecule has 3 heteroatoms. The summed E-state index contributed by atoms with van der Waals surface area (Å²) >= 11 is 0. The van der Waals surface area contributed by atoms with E-state index in [0.29, 0.717) is 11.8 Å². The van der Waals surface area contributed by atoms with Crippen LogP contribution in [0.3, 0.4) is 0 Å². The minimum absolute atomic E-state index is 0.359. The Hall–Kier alpha value is -0.570. The van der Waals surface area contributed by atoms with Gasteiger partial charge in [0, 0.05) is 19.5 Å². The van der Waals surface area contributed by atoms with E-state index in [-0.39, 0.29) is 0 Å². The van der Waals surface area contributed by atoms with Crippen molar-refractivity contribution in [3.63, 3.8) is 0 Å². The zero-order valence-corrected chi connectivity index (χ0v) is 10.3. The average Bonchev–Trinajstić information content (AvgIpc) is 2.59. The first-order valence-electron chi connectivity index (χ1n) is 6.02. The number of hydrogen-bond donors (Lipinski definition) is 0. The fraction of sp³-hybridized carbons (Fsp3) is 0.917. The van der Waals surface area contributed by atoms with Crippen LogP contribution >= 0.6 is 0 Å². The average molecular weight is 212 g/mol. The molecule has 1 aliphatic heterocycles. The van der Waals surface area contributed by atoms with Crippen molar-refractivity contribution in [3.05, 3.63) is 0 Å². The van der Waals surface area contributed by atoms with Crippen LogP contribution in [0.25, 0.3) is 0 Å². The molecule has 0 aromatic carbocycles. The molecule has 1 saturated heterocycles. The molecule has 0 radical (unpaired) electrons. The smallest absolute Gasteiger partial charge is 0.222 e. The number of carbonyl (C=O) groups excluding carboxylic acids is 1. The molecule has 1 aliphatic rings. The predicted octanol–water partition coefficient (Wildman–Crippen LogP) is 1.59. The van der Waals surface area contributed by atoms with Crippen LogP contribution in [0.1, 0.15) is 32.6 Å². The molecule has 0 saturated carbocycles. The summed E-state index contributed by atoms with van der Waals surface area (Å²) in [5.41, 5.74) is 0. The number of likely N-dealkylation sites (tertiary alicyclic amines) is 1. The Balaban J connectivity index is 2.08. The first kappa shape index (κ1) is 12.5. The topological polar surface area (TPSA) is 23.6 Å². The van der Waals surface area contributed by atoms with E-state index >= 15 is 0 Å². The highest BCUT2D eigenvalue weighted by molar-refractivity contribution is 5.76. The van der Waals surface area contributed by atoms with Crippen molar-refractivity contribution in [2.24, 2.45) is 5.92 Å². The fourth-order valence-corrected chi connectivity index (χ4v) is 2.02. The molecule has 0 aliphatic carbocycles. The highest BCUT2D eigenvalue weighted by Crippen LogP contribution is 2.16. The van der Waals surface area contributed by atoms with Crippen molar-refractivity contribution in [1.29, 1.82) is 0 Å². The summed E-state index contributed by atoms with van der Waals surface area (Å²) in [6, 6.07) is 0. The van der Waals surface area contributed by atoms with Gasteiger partial charge >= 0.3 is 0 Å². The van der Waals surface area contributed by atoms with Crippen LogP contribution in [0.2, 0.25) is 0 Å². The lowest BCUT2D eigenvalue weighted by atomic mass is 10.2. The van der Waals surface area contributed by atoms with Crippen molar-refractivity contribution in [3.8, 4) is 0 Å². The van der Waals surface area contributed by atoms with Crippen LogP contribution in [0, 0.1) is 5.92 Å². The lowest BCUT2D eigenvalue weighted by Gasteiger charge is -2.16. The van der Waals surface area contributed by atoms with E-state index in [1.165, 1.54) is 6.42 Å². The van der Waals surface area contributed by atoms with E-state index in [1.54, 1.807) is 0 Å². The largest absolute Gasteiger partial charge is 0.342 e. The van der Waals surface area contributed by atoms with Crippen LogP contribution in [-0.4, -0.2) is 49.4 Å². The summed E-state index contributed by atoms with van der Waals surface area (Å²) in [7, 11) is 4.15. The van der Waals surface area contributed by atoms with Crippen molar-refractivity contribution in [1.82, 2.24) is 9.80 Å². The third-order valence-electron chi connectivity index (χ3n) is 3.02. The van der Waals surface area contributed by atoms with E-state index in [2.05, 4.69) is 25.9 Å². The quantitative estimate of drug-likeness (QED) is 0.646. The monoisotopic (exact) mass is 212 g/mol. The predicted molar refractivity (Wildman–Crippen MR) is 62.8 cm³/mol. The SMILES string of the molecule is CC1CCN(C(=O)CCCCN(C)C)C1. The van der Waals surface area contributed by atoms with Gasteiger partial charge < -0.3 is 9.80 Å². The molecule has 1 amide bonds. The van der Waals surface area contributed by atoms with E-state index in [4.69, 9.17) is 0 Å². The Labute approximate surface area is 93.4 Å². The Morgan fingerprint density at radius 1 is 1.40 bits per heavy atom. The van der Waals surface area contributed by atoms with Gasteiger partial charge in [0.05, 0.1) is 0 Å². The molecule has 0 N–H and O–H groups in total. The summed E-state index contributed by atoms with van der Waals surface area (Å²) in [6.45, 7) is 5.27. The number of hydrogen-bond acceptors (Lipinski definition) is 2. The van der Waals surface area contributed by atoms with Gasteiger partial charge in [0.1, 0.15) is 0 Å². The van der Waals surface area contributed by atoms with Crippen LogP contribution in [0.4, 0.5) is 0 Å². The maximum absolute atomic E-state index is 11.7. The zero-order valence-electron chi connectivity index (χ0n) is 10.3. The molecule has 88 valence electrons. The third-order valence-corrected chi connectivity index (χ3v) is 3.02. The van der Waals surface area contributed by atoms with Crippen molar-refractivity contribution >= 4 is 5.91 Å². The van der Waals surface area contributed by atoms with Gasteiger partial charge in [-0.1, -0.05) is 6.92 Å². The molecular weight excluding hydrogens is 188 g/mol. The van der Waals surface area contributed by atoms with Gasteiger partial charge in [-0.2, -0.15) is 0 Å². The van der Waals surface area contributed by atoms with Crippen LogP contribution in [0.5, 0.6) is 0 Å². The van der Waals surface area contributed by atoms with Crippen molar-refractivity contribution in [2.75, 3.05) is 33.7 Å². The van der Waals surface area contributed by atoms with Crippen molar-refractivity contribution < 1.29 is 4.79 Å². The Morgan fingerprint density at radius 2 is 2.13 bits per heavy atom. The Kier molecular flexibility index (Phi) is 5.09. The summed E-state index contributed by atoms with van der Waals surface area (Å²) in [5, 5.41) is 0. The normalized spacial score (nSPS) is 21.3. The van der Waals surface area contributed by atoms with E-state index < -0.39 is 0 Å². The van der Waals surface area contributed by atoms with Gasteiger partial charge in [-0.3, -0.25) is 4.79 Å². The summed E-state index contributed by atoms with van der Waals surface area (Å²) < 4.78 is 0. The molecule has 1 atom stereocenters. The second-order valence-electron chi connectivity index (χ2n) is 4.99. The van der Waals surface area contributed by atoms with E-state index in [9.17, 15) is 4.79 Å². The lowest BCUT2D eigenvalue weighted by molar-refractivity contribution is -0.130. The maximum atomic E-state index is 11.7. The van der Waals surface area contributed by atoms with Gasteiger partial charge in [-0.05, 0) is 45.8 Å². The minimum Gasteiger partial charge on any atom is -0.342 e. The summed E-state index contributed by atoms with van der Waals surface area (Å²) in [4.78, 5) is 15.9. The highest BCUT2D eigenvalue weighted by Gasteiger charge is 2.22. The molecule has 0 bridgehead atoms. The molecule has 15 heavy (non-hydrogen) atoms. The molecule has 3 nitrogen and oxygen atoms in total. The van der Waals surface area contributed by atoms with Gasteiger partial charge in [-0.25, -0.2) is 0 Å². The molecular formula is C12H24N2O. The second-order valence-corrected chi connectivity index (χ2v) is 4.99. The van der Waals surface area contributed by atoms with Crippen LogP contribution in [0.15, 0.2) is 0 Å². The molecule has 1 fully saturated rings. The maximum Gasteiger partial charge on any atom is 0.222 e. The zero-order chi connectivity index (χ0) is 11.3. The molecule has 1 heterocycles. The Morgan fingerprint density at radius 3 is 2.67 bits per heavy atom. The number of amides is 1. The van der Waals surface area contributed by atoms with E-state index in [1.807, 2.05) is 4.90 Å². The number of carbonyl (C=O) groups is 1. The number of rotatable bonds is 5. The van der Waals surface area contributed by atoms with Gasteiger partial charge in [0.15, 0.2) is 0 Å². The standard InChI is InChI=1S/C12H24N2O/c1-11-7-9-14(10-11)12(15)6-4-5-8-13(2)3/h11H,4-10H2,1-3H3.